The van der Waals surface area contributed by atoms with Crippen molar-refractivity contribution in [1.82, 2.24) is 10.6 Å². The van der Waals surface area contributed by atoms with Gasteiger partial charge in [-0.3, -0.25) is 9.59 Å². The maximum Gasteiger partial charge on any atom is 0.252 e. The number of benzene rings is 1. The van der Waals surface area contributed by atoms with E-state index in [0.29, 0.717) is 22.5 Å². The van der Waals surface area contributed by atoms with Crippen LogP contribution in [0, 0.1) is 5.92 Å². The number of hydrogen-bond acceptors (Lipinski definition) is 3. The number of amides is 2. The van der Waals surface area contributed by atoms with E-state index in [4.69, 9.17) is 5.11 Å². The molecule has 0 heterocycles. The van der Waals surface area contributed by atoms with Crippen molar-refractivity contribution in [3.05, 3.63) is 34.3 Å². The molecular weight excluding hydrogens is 324 g/mol. The Morgan fingerprint density at radius 2 is 1.95 bits per heavy atom. The lowest BCUT2D eigenvalue weighted by Crippen LogP contribution is -2.42. The van der Waals surface area contributed by atoms with E-state index in [-0.39, 0.29) is 24.5 Å². The molecule has 6 heteroatoms. The summed E-state index contributed by atoms with van der Waals surface area (Å²) >= 11 is 3.29. The Balaban J connectivity index is 1.70. The van der Waals surface area contributed by atoms with E-state index in [1.807, 2.05) is 6.07 Å². The number of carbonyl (C=O) groups is 2. The molecule has 0 aliphatic heterocycles. The molecule has 108 valence electrons. The fourth-order valence-corrected chi connectivity index (χ4v) is 2.55. The quantitative estimate of drug-likeness (QED) is 0.750. The predicted molar refractivity (Wildman–Crippen MR) is 78.2 cm³/mol. The molecule has 0 unspecified atom stereocenters. The van der Waals surface area contributed by atoms with Gasteiger partial charge in [-0.2, -0.15) is 0 Å². The van der Waals surface area contributed by atoms with Crippen LogP contribution in [0.5, 0.6) is 0 Å². The third kappa shape index (κ3) is 4.05. The first-order valence-corrected chi connectivity index (χ1v) is 7.33. The third-order valence-electron chi connectivity index (χ3n) is 3.33. The van der Waals surface area contributed by atoms with E-state index in [0.717, 1.165) is 12.8 Å². The summed E-state index contributed by atoms with van der Waals surface area (Å²) in [7, 11) is 0. The Hall–Kier alpha value is -1.40. The van der Waals surface area contributed by atoms with Crippen LogP contribution >= 0.6 is 15.9 Å². The van der Waals surface area contributed by atoms with E-state index < -0.39 is 0 Å². The highest BCUT2D eigenvalue weighted by Crippen LogP contribution is 2.25. The van der Waals surface area contributed by atoms with Crippen LogP contribution in [0.3, 0.4) is 0 Å². The van der Waals surface area contributed by atoms with Gasteiger partial charge in [0.25, 0.3) is 5.91 Å². The summed E-state index contributed by atoms with van der Waals surface area (Å²) < 4.78 is 0.696. The van der Waals surface area contributed by atoms with Gasteiger partial charge in [-0.05, 0) is 46.8 Å². The molecule has 2 rings (SSSR count). The molecule has 0 saturated heterocycles. The van der Waals surface area contributed by atoms with Crippen molar-refractivity contribution in [2.24, 2.45) is 5.92 Å². The lowest BCUT2D eigenvalue weighted by molar-refractivity contribution is -0.120. The molecule has 1 saturated carbocycles. The number of carbonyl (C=O) groups excluding carboxylic acids is 2. The Labute approximate surface area is 125 Å². The molecule has 1 aliphatic rings. The van der Waals surface area contributed by atoms with Crippen LogP contribution in [0.25, 0.3) is 0 Å². The van der Waals surface area contributed by atoms with Crippen molar-refractivity contribution in [2.45, 2.75) is 18.9 Å². The zero-order chi connectivity index (χ0) is 14.5. The van der Waals surface area contributed by atoms with Gasteiger partial charge >= 0.3 is 0 Å². The van der Waals surface area contributed by atoms with Gasteiger partial charge in [-0.25, -0.2) is 0 Å². The first-order chi connectivity index (χ1) is 9.56. The SMILES string of the molecule is O=C(CNC(=O)c1ccccc1Br)NCC1CC(O)C1. The van der Waals surface area contributed by atoms with Crippen LogP contribution in [0.4, 0.5) is 0 Å². The molecule has 1 aromatic carbocycles. The molecular formula is C14H17BrN2O3. The van der Waals surface area contributed by atoms with E-state index in [2.05, 4.69) is 26.6 Å². The lowest BCUT2D eigenvalue weighted by atomic mass is 9.82. The predicted octanol–water partition coefficient (Wildman–Crippen LogP) is 1.07. The van der Waals surface area contributed by atoms with Crippen molar-refractivity contribution in [3.8, 4) is 0 Å². The first kappa shape index (κ1) is 15.0. The highest BCUT2D eigenvalue weighted by Gasteiger charge is 2.27. The molecule has 2 amide bonds. The monoisotopic (exact) mass is 340 g/mol. The Morgan fingerprint density at radius 1 is 1.25 bits per heavy atom. The van der Waals surface area contributed by atoms with E-state index in [9.17, 15) is 9.59 Å². The second-order valence-electron chi connectivity index (χ2n) is 4.96. The fraction of sp³-hybridized carbons (Fsp3) is 0.429. The molecule has 0 atom stereocenters. The minimum absolute atomic E-state index is 0.0462. The Morgan fingerprint density at radius 3 is 2.60 bits per heavy atom. The van der Waals surface area contributed by atoms with Crippen LogP contribution in [0.15, 0.2) is 28.7 Å². The van der Waals surface area contributed by atoms with Gasteiger partial charge in [0.1, 0.15) is 0 Å². The third-order valence-corrected chi connectivity index (χ3v) is 4.02. The Kier molecular flexibility index (Phi) is 5.14. The van der Waals surface area contributed by atoms with Crippen molar-refractivity contribution in [1.29, 1.82) is 0 Å². The van der Waals surface area contributed by atoms with Crippen LogP contribution in [-0.4, -0.2) is 36.1 Å². The molecule has 0 aromatic heterocycles. The van der Waals surface area contributed by atoms with Gasteiger partial charge in [0.15, 0.2) is 0 Å². The topological polar surface area (TPSA) is 78.4 Å². The molecule has 0 spiro atoms. The number of hydrogen-bond donors (Lipinski definition) is 3. The number of aliphatic hydroxyl groups excluding tert-OH is 1. The molecule has 1 fully saturated rings. The molecule has 5 nitrogen and oxygen atoms in total. The molecule has 1 aromatic rings. The van der Waals surface area contributed by atoms with E-state index in [1.54, 1.807) is 18.2 Å². The Bertz CT molecular complexity index is 501. The first-order valence-electron chi connectivity index (χ1n) is 6.53. The highest BCUT2D eigenvalue weighted by atomic mass is 79.9. The van der Waals surface area contributed by atoms with Gasteiger partial charge in [-0.1, -0.05) is 12.1 Å². The van der Waals surface area contributed by atoms with Crippen LogP contribution in [0.2, 0.25) is 0 Å². The zero-order valence-corrected chi connectivity index (χ0v) is 12.5. The second kappa shape index (κ2) is 6.85. The van der Waals surface area contributed by atoms with E-state index in [1.165, 1.54) is 0 Å². The molecule has 0 bridgehead atoms. The van der Waals surface area contributed by atoms with Gasteiger partial charge in [0.05, 0.1) is 18.2 Å². The molecule has 1 aliphatic carbocycles. The number of nitrogens with one attached hydrogen (secondary N) is 2. The zero-order valence-electron chi connectivity index (χ0n) is 10.9. The minimum atomic E-state index is -0.285. The summed E-state index contributed by atoms with van der Waals surface area (Å²) in [6.45, 7) is 0.510. The van der Waals surface area contributed by atoms with E-state index >= 15 is 0 Å². The minimum Gasteiger partial charge on any atom is -0.393 e. The lowest BCUT2D eigenvalue weighted by Gasteiger charge is -2.31. The van der Waals surface area contributed by atoms with Crippen molar-refractivity contribution >= 4 is 27.7 Å². The van der Waals surface area contributed by atoms with Gasteiger partial charge in [-0.15, -0.1) is 0 Å². The largest absolute Gasteiger partial charge is 0.393 e. The molecule has 0 radical (unpaired) electrons. The highest BCUT2D eigenvalue weighted by molar-refractivity contribution is 9.10. The van der Waals surface area contributed by atoms with Gasteiger partial charge in [0.2, 0.25) is 5.91 Å². The summed E-state index contributed by atoms with van der Waals surface area (Å²) in [5.74, 6) is -0.147. The number of halogens is 1. The normalized spacial score (nSPS) is 20.9. The second-order valence-corrected chi connectivity index (χ2v) is 5.81. The van der Waals surface area contributed by atoms with Crippen molar-refractivity contribution in [3.63, 3.8) is 0 Å². The van der Waals surface area contributed by atoms with Crippen LogP contribution in [0.1, 0.15) is 23.2 Å². The average Bonchev–Trinajstić information content (AvgIpc) is 2.40. The summed E-state index contributed by atoms with van der Waals surface area (Å²) in [4.78, 5) is 23.5. The summed E-state index contributed by atoms with van der Waals surface area (Å²) in [6, 6.07) is 7.05. The summed E-state index contributed by atoms with van der Waals surface area (Å²) in [5.41, 5.74) is 0.502. The van der Waals surface area contributed by atoms with Crippen LogP contribution in [-0.2, 0) is 4.79 Å². The molecule has 3 N–H and O–H groups in total. The van der Waals surface area contributed by atoms with Gasteiger partial charge in [0, 0.05) is 11.0 Å². The fourth-order valence-electron chi connectivity index (χ4n) is 2.09. The average molecular weight is 341 g/mol. The smallest absolute Gasteiger partial charge is 0.252 e. The maximum atomic E-state index is 11.9. The van der Waals surface area contributed by atoms with Crippen molar-refractivity contribution in [2.75, 3.05) is 13.1 Å². The van der Waals surface area contributed by atoms with Crippen LogP contribution < -0.4 is 10.6 Å². The summed E-state index contributed by atoms with van der Waals surface area (Å²) in [6.07, 6.45) is 1.26. The standard InChI is InChI=1S/C14H17BrN2O3/c15-12-4-2-1-3-11(12)14(20)17-8-13(19)16-7-9-5-10(18)6-9/h1-4,9-10,18H,5-8H2,(H,16,19)(H,17,20). The van der Waals surface area contributed by atoms with Crippen molar-refractivity contribution < 1.29 is 14.7 Å². The number of rotatable bonds is 5. The number of aliphatic hydroxyl groups is 1. The van der Waals surface area contributed by atoms with Gasteiger partial charge < -0.3 is 15.7 Å². The molecule has 20 heavy (non-hydrogen) atoms. The summed E-state index contributed by atoms with van der Waals surface area (Å²) in [5, 5.41) is 14.5. The maximum absolute atomic E-state index is 11.9.